The lowest BCUT2D eigenvalue weighted by molar-refractivity contribution is 0.130. The van der Waals surface area contributed by atoms with E-state index in [4.69, 9.17) is 4.74 Å². The van der Waals surface area contributed by atoms with Gasteiger partial charge in [-0.3, -0.25) is 0 Å². The van der Waals surface area contributed by atoms with Gasteiger partial charge in [0.05, 0.1) is 13.2 Å². The molecule has 100 valence electrons. The molecule has 0 aliphatic heterocycles. The lowest BCUT2D eigenvalue weighted by atomic mass is 10.2. The first-order chi connectivity index (χ1) is 9.24. The van der Waals surface area contributed by atoms with Crippen molar-refractivity contribution in [2.75, 3.05) is 18.5 Å². The number of hydrogen-bond donors (Lipinski definition) is 1. The maximum absolute atomic E-state index is 5.64. The molecule has 2 aromatic rings. The van der Waals surface area contributed by atoms with Gasteiger partial charge in [0.1, 0.15) is 0 Å². The van der Waals surface area contributed by atoms with Crippen LogP contribution in [0, 0.1) is 6.92 Å². The van der Waals surface area contributed by atoms with Crippen LogP contribution in [0.3, 0.4) is 0 Å². The molecular weight excluding hydrogens is 302 g/mol. The zero-order valence-electron chi connectivity index (χ0n) is 11.0. The first kappa shape index (κ1) is 14.1. The minimum absolute atomic E-state index is 0.648. The SMILES string of the molecule is Cc1cccc(NCCOCc2cccc(Br)c2)c1. The van der Waals surface area contributed by atoms with Crippen molar-refractivity contribution in [2.24, 2.45) is 0 Å². The van der Waals surface area contributed by atoms with Crippen molar-refractivity contribution in [3.05, 3.63) is 64.1 Å². The molecule has 0 aliphatic rings. The van der Waals surface area contributed by atoms with Crippen LogP contribution in [-0.2, 0) is 11.3 Å². The average molecular weight is 320 g/mol. The molecule has 2 rings (SSSR count). The molecule has 0 saturated carbocycles. The number of ether oxygens (including phenoxy) is 1. The van der Waals surface area contributed by atoms with E-state index in [1.54, 1.807) is 0 Å². The van der Waals surface area contributed by atoms with Crippen LogP contribution in [0.25, 0.3) is 0 Å². The fourth-order valence-corrected chi connectivity index (χ4v) is 2.29. The standard InChI is InChI=1S/C16H18BrNO/c1-13-4-2-7-16(10-13)18-8-9-19-12-14-5-3-6-15(17)11-14/h2-7,10-11,18H,8-9,12H2,1H3. The molecule has 0 aromatic heterocycles. The Labute approximate surface area is 122 Å². The molecule has 0 fully saturated rings. The van der Waals surface area contributed by atoms with Gasteiger partial charge in [-0.15, -0.1) is 0 Å². The molecule has 0 bridgehead atoms. The topological polar surface area (TPSA) is 21.3 Å². The Bertz CT molecular complexity index is 480. The Hall–Kier alpha value is -1.32. The summed E-state index contributed by atoms with van der Waals surface area (Å²) in [6.07, 6.45) is 0. The third-order valence-electron chi connectivity index (χ3n) is 2.75. The van der Waals surface area contributed by atoms with Crippen LogP contribution in [0.2, 0.25) is 0 Å². The van der Waals surface area contributed by atoms with Crippen molar-refractivity contribution in [3.8, 4) is 0 Å². The monoisotopic (exact) mass is 319 g/mol. The molecule has 19 heavy (non-hydrogen) atoms. The smallest absolute Gasteiger partial charge is 0.0718 e. The summed E-state index contributed by atoms with van der Waals surface area (Å²) in [4.78, 5) is 0. The zero-order valence-corrected chi connectivity index (χ0v) is 12.6. The summed E-state index contributed by atoms with van der Waals surface area (Å²) < 4.78 is 6.73. The first-order valence-corrected chi connectivity index (χ1v) is 7.16. The van der Waals surface area contributed by atoms with Crippen LogP contribution in [0.1, 0.15) is 11.1 Å². The Balaban J connectivity index is 1.67. The van der Waals surface area contributed by atoms with Crippen LogP contribution >= 0.6 is 15.9 Å². The highest BCUT2D eigenvalue weighted by Crippen LogP contribution is 2.12. The fraction of sp³-hybridized carbons (Fsp3) is 0.250. The second-order valence-corrected chi connectivity index (χ2v) is 5.39. The molecule has 0 radical (unpaired) electrons. The molecule has 0 aliphatic carbocycles. The predicted molar refractivity (Wildman–Crippen MR) is 83.5 cm³/mol. The van der Waals surface area contributed by atoms with Gasteiger partial charge in [-0.2, -0.15) is 0 Å². The van der Waals surface area contributed by atoms with E-state index in [0.29, 0.717) is 13.2 Å². The fourth-order valence-electron chi connectivity index (χ4n) is 1.84. The Morgan fingerprint density at radius 2 is 1.95 bits per heavy atom. The van der Waals surface area contributed by atoms with Gasteiger partial charge in [0.25, 0.3) is 0 Å². The number of aryl methyl sites for hydroxylation is 1. The van der Waals surface area contributed by atoms with E-state index in [2.05, 4.69) is 64.6 Å². The average Bonchev–Trinajstić information content (AvgIpc) is 2.38. The van der Waals surface area contributed by atoms with E-state index < -0.39 is 0 Å². The van der Waals surface area contributed by atoms with Crippen molar-refractivity contribution in [1.82, 2.24) is 0 Å². The van der Waals surface area contributed by atoms with Gasteiger partial charge in [-0.1, -0.05) is 40.2 Å². The van der Waals surface area contributed by atoms with Crippen LogP contribution < -0.4 is 5.32 Å². The first-order valence-electron chi connectivity index (χ1n) is 6.37. The summed E-state index contributed by atoms with van der Waals surface area (Å²) >= 11 is 3.45. The lowest BCUT2D eigenvalue weighted by Crippen LogP contribution is -2.09. The highest BCUT2D eigenvalue weighted by molar-refractivity contribution is 9.10. The van der Waals surface area contributed by atoms with E-state index in [1.165, 1.54) is 11.1 Å². The molecule has 1 N–H and O–H groups in total. The van der Waals surface area contributed by atoms with Gasteiger partial charge < -0.3 is 10.1 Å². The van der Waals surface area contributed by atoms with Gasteiger partial charge in [-0.25, -0.2) is 0 Å². The van der Waals surface area contributed by atoms with E-state index in [9.17, 15) is 0 Å². The molecule has 0 atom stereocenters. The minimum Gasteiger partial charge on any atom is -0.383 e. The Morgan fingerprint density at radius 1 is 1.11 bits per heavy atom. The number of benzene rings is 2. The molecule has 0 saturated heterocycles. The van der Waals surface area contributed by atoms with Crippen molar-refractivity contribution in [1.29, 1.82) is 0 Å². The van der Waals surface area contributed by atoms with Crippen LogP contribution in [0.4, 0.5) is 5.69 Å². The van der Waals surface area contributed by atoms with Gasteiger partial charge >= 0.3 is 0 Å². The van der Waals surface area contributed by atoms with Crippen LogP contribution in [-0.4, -0.2) is 13.2 Å². The van der Waals surface area contributed by atoms with Crippen molar-refractivity contribution in [2.45, 2.75) is 13.5 Å². The third kappa shape index (κ3) is 5.05. The number of anilines is 1. The van der Waals surface area contributed by atoms with E-state index in [-0.39, 0.29) is 0 Å². The zero-order chi connectivity index (χ0) is 13.5. The largest absolute Gasteiger partial charge is 0.383 e. The summed E-state index contributed by atoms with van der Waals surface area (Å²) in [5, 5.41) is 3.35. The maximum Gasteiger partial charge on any atom is 0.0718 e. The van der Waals surface area contributed by atoms with E-state index >= 15 is 0 Å². The molecule has 0 spiro atoms. The predicted octanol–water partition coefficient (Wildman–Crippen LogP) is 4.39. The summed E-state index contributed by atoms with van der Waals surface area (Å²) in [5.74, 6) is 0. The Kier molecular flexibility index (Phi) is 5.43. The van der Waals surface area contributed by atoms with Crippen molar-refractivity contribution >= 4 is 21.6 Å². The molecule has 3 heteroatoms. The van der Waals surface area contributed by atoms with E-state index in [0.717, 1.165) is 16.7 Å². The van der Waals surface area contributed by atoms with Crippen LogP contribution in [0.5, 0.6) is 0 Å². The summed E-state index contributed by atoms with van der Waals surface area (Å²) in [6.45, 7) is 4.25. The lowest BCUT2D eigenvalue weighted by Gasteiger charge is -2.08. The van der Waals surface area contributed by atoms with Gasteiger partial charge in [0.15, 0.2) is 0 Å². The number of hydrogen-bond acceptors (Lipinski definition) is 2. The molecule has 2 aromatic carbocycles. The molecule has 0 amide bonds. The minimum atomic E-state index is 0.648. The summed E-state index contributed by atoms with van der Waals surface area (Å²) in [6, 6.07) is 16.5. The number of nitrogens with one attached hydrogen (secondary N) is 1. The van der Waals surface area contributed by atoms with E-state index in [1.807, 2.05) is 12.1 Å². The van der Waals surface area contributed by atoms with Gasteiger partial charge in [0.2, 0.25) is 0 Å². The second kappa shape index (κ2) is 7.31. The number of halogens is 1. The molecule has 0 heterocycles. The Morgan fingerprint density at radius 3 is 2.74 bits per heavy atom. The highest BCUT2D eigenvalue weighted by atomic mass is 79.9. The summed E-state index contributed by atoms with van der Waals surface area (Å²) in [5.41, 5.74) is 3.59. The molecule has 2 nitrogen and oxygen atoms in total. The highest BCUT2D eigenvalue weighted by Gasteiger charge is 1.95. The van der Waals surface area contributed by atoms with Crippen molar-refractivity contribution in [3.63, 3.8) is 0 Å². The van der Waals surface area contributed by atoms with Crippen molar-refractivity contribution < 1.29 is 4.74 Å². The second-order valence-electron chi connectivity index (χ2n) is 4.48. The number of rotatable bonds is 6. The van der Waals surface area contributed by atoms with Gasteiger partial charge in [0, 0.05) is 16.7 Å². The quantitative estimate of drug-likeness (QED) is 0.797. The van der Waals surface area contributed by atoms with Gasteiger partial charge in [-0.05, 0) is 42.3 Å². The molecular formula is C16H18BrNO. The summed E-state index contributed by atoms with van der Waals surface area (Å²) in [7, 11) is 0. The van der Waals surface area contributed by atoms with Crippen LogP contribution in [0.15, 0.2) is 53.0 Å². The normalized spacial score (nSPS) is 10.4. The molecule has 0 unspecified atom stereocenters. The maximum atomic E-state index is 5.64. The third-order valence-corrected chi connectivity index (χ3v) is 3.24.